The van der Waals surface area contributed by atoms with Crippen LogP contribution in [0.15, 0.2) is 18.2 Å². The predicted molar refractivity (Wildman–Crippen MR) is 146 cm³/mol. The average molecular weight is 504 g/mol. The quantitative estimate of drug-likeness (QED) is 0.372. The summed E-state index contributed by atoms with van der Waals surface area (Å²) in [6, 6.07) is 4.28. The van der Waals surface area contributed by atoms with Gasteiger partial charge in [0.2, 0.25) is 11.8 Å². The summed E-state index contributed by atoms with van der Waals surface area (Å²) in [6.45, 7) is 21.6. The van der Waals surface area contributed by atoms with Gasteiger partial charge in [0.15, 0.2) is 0 Å². The third-order valence-corrected chi connectivity index (χ3v) is 6.26. The van der Waals surface area contributed by atoms with Crippen LogP contribution >= 0.6 is 0 Å². The SMILES string of the molecule is CCCCNC(=O)C(c1cc(C)cc(C)c1)N(C(=O)C(NC(=O)OC(C)(C)C)C(C)C)C(C)(C)CC. The van der Waals surface area contributed by atoms with Crippen LogP contribution in [0.3, 0.4) is 0 Å². The number of nitrogens with one attached hydrogen (secondary N) is 2. The Kier molecular flexibility index (Phi) is 11.5. The van der Waals surface area contributed by atoms with Crippen LogP contribution in [0.4, 0.5) is 4.79 Å². The number of carbonyl (C=O) groups is 3. The molecule has 1 aromatic carbocycles. The van der Waals surface area contributed by atoms with Gasteiger partial charge in [-0.3, -0.25) is 9.59 Å². The molecule has 0 bridgehead atoms. The van der Waals surface area contributed by atoms with Gasteiger partial charge < -0.3 is 20.3 Å². The van der Waals surface area contributed by atoms with Gasteiger partial charge in [0, 0.05) is 12.1 Å². The first-order valence-corrected chi connectivity index (χ1v) is 13.2. The maximum absolute atomic E-state index is 14.3. The van der Waals surface area contributed by atoms with Crippen molar-refractivity contribution in [1.29, 1.82) is 0 Å². The van der Waals surface area contributed by atoms with E-state index in [1.807, 2.05) is 66.7 Å². The number of hydrogen-bond acceptors (Lipinski definition) is 4. The molecule has 0 aliphatic carbocycles. The number of alkyl carbamates (subject to hydrolysis) is 1. The molecule has 2 atom stereocenters. The first-order chi connectivity index (χ1) is 16.5. The van der Waals surface area contributed by atoms with Gasteiger partial charge in [-0.2, -0.15) is 0 Å². The molecule has 0 saturated heterocycles. The highest BCUT2D eigenvalue weighted by Gasteiger charge is 2.43. The standard InChI is InChI=1S/C29H49N3O4/c1-12-14-15-30-25(33)24(22-17-20(5)16-21(6)18-22)32(29(10,11)13-2)26(34)23(19(3)4)31-27(35)36-28(7,8)9/h16-19,23-24H,12-15H2,1-11H3,(H,30,33)(H,31,35). The van der Waals surface area contributed by atoms with Crippen molar-refractivity contribution in [3.8, 4) is 0 Å². The number of nitrogens with zero attached hydrogens (tertiary/aromatic N) is 1. The van der Waals surface area contributed by atoms with Crippen LogP contribution in [0.2, 0.25) is 0 Å². The molecular formula is C29H49N3O4. The zero-order chi connectivity index (χ0) is 27.8. The van der Waals surface area contributed by atoms with Crippen molar-refractivity contribution in [3.05, 3.63) is 34.9 Å². The Hall–Kier alpha value is -2.57. The van der Waals surface area contributed by atoms with E-state index in [4.69, 9.17) is 4.74 Å². The van der Waals surface area contributed by atoms with Crippen molar-refractivity contribution in [2.45, 2.75) is 119 Å². The van der Waals surface area contributed by atoms with Crippen molar-refractivity contribution < 1.29 is 19.1 Å². The summed E-state index contributed by atoms with van der Waals surface area (Å²) in [4.78, 5) is 42.4. The fourth-order valence-electron chi connectivity index (χ4n) is 4.11. The lowest BCUT2D eigenvalue weighted by Crippen LogP contribution is -2.60. The molecule has 0 aliphatic rings. The van der Waals surface area contributed by atoms with E-state index in [2.05, 4.69) is 17.6 Å². The lowest BCUT2D eigenvalue weighted by Gasteiger charge is -2.45. The Morgan fingerprint density at radius 3 is 1.97 bits per heavy atom. The molecule has 3 amide bonds. The summed E-state index contributed by atoms with van der Waals surface area (Å²) in [7, 11) is 0. The number of ether oxygens (including phenoxy) is 1. The van der Waals surface area contributed by atoms with Crippen LogP contribution < -0.4 is 10.6 Å². The van der Waals surface area contributed by atoms with Gasteiger partial charge in [0.1, 0.15) is 17.7 Å². The van der Waals surface area contributed by atoms with E-state index in [1.54, 1.807) is 25.7 Å². The number of unbranched alkanes of at least 4 members (excludes halogenated alkanes) is 1. The third-order valence-electron chi connectivity index (χ3n) is 6.26. The Morgan fingerprint density at radius 2 is 1.53 bits per heavy atom. The first kappa shape index (κ1) is 31.5. The predicted octanol–water partition coefficient (Wildman–Crippen LogP) is 5.83. The lowest BCUT2D eigenvalue weighted by molar-refractivity contribution is -0.150. The maximum Gasteiger partial charge on any atom is 0.408 e. The van der Waals surface area contributed by atoms with Crippen molar-refractivity contribution in [2.24, 2.45) is 5.92 Å². The van der Waals surface area contributed by atoms with Crippen molar-refractivity contribution in [2.75, 3.05) is 6.54 Å². The van der Waals surface area contributed by atoms with Crippen LogP contribution in [0.1, 0.15) is 104 Å². The van der Waals surface area contributed by atoms with Gasteiger partial charge >= 0.3 is 6.09 Å². The molecule has 2 unspecified atom stereocenters. The molecule has 204 valence electrons. The monoisotopic (exact) mass is 503 g/mol. The van der Waals surface area contributed by atoms with Crippen molar-refractivity contribution >= 4 is 17.9 Å². The highest BCUT2D eigenvalue weighted by atomic mass is 16.6. The molecule has 0 spiro atoms. The molecule has 0 fully saturated rings. The molecule has 7 heteroatoms. The van der Waals surface area contributed by atoms with E-state index in [1.165, 1.54) is 0 Å². The van der Waals surface area contributed by atoms with E-state index in [0.29, 0.717) is 13.0 Å². The first-order valence-electron chi connectivity index (χ1n) is 13.2. The zero-order valence-corrected chi connectivity index (χ0v) is 24.4. The van der Waals surface area contributed by atoms with Crippen LogP contribution in [-0.2, 0) is 14.3 Å². The number of benzene rings is 1. The average Bonchev–Trinajstić information content (AvgIpc) is 2.73. The van der Waals surface area contributed by atoms with Crippen LogP contribution in [0.5, 0.6) is 0 Å². The zero-order valence-electron chi connectivity index (χ0n) is 24.4. The van der Waals surface area contributed by atoms with E-state index in [9.17, 15) is 14.4 Å². The third kappa shape index (κ3) is 9.14. The summed E-state index contributed by atoms with van der Waals surface area (Å²) in [5.41, 5.74) is 1.44. The Balaban J connectivity index is 3.64. The molecule has 0 aliphatic heterocycles. The van der Waals surface area contributed by atoms with E-state index in [0.717, 1.165) is 29.5 Å². The second-order valence-electron chi connectivity index (χ2n) is 11.7. The highest BCUT2D eigenvalue weighted by molar-refractivity contribution is 5.93. The summed E-state index contributed by atoms with van der Waals surface area (Å²) in [6.07, 6.45) is 1.77. The van der Waals surface area contributed by atoms with E-state index < -0.39 is 29.3 Å². The van der Waals surface area contributed by atoms with Gasteiger partial charge in [-0.15, -0.1) is 0 Å². The van der Waals surface area contributed by atoms with Crippen molar-refractivity contribution in [3.63, 3.8) is 0 Å². The van der Waals surface area contributed by atoms with Gasteiger partial charge in [0.25, 0.3) is 0 Å². The minimum atomic E-state index is -0.859. The minimum absolute atomic E-state index is 0.219. The Morgan fingerprint density at radius 1 is 0.972 bits per heavy atom. The summed E-state index contributed by atoms with van der Waals surface area (Å²) in [5, 5.41) is 5.83. The van der Waals surface area contributed by atoms with Gasteiger partial charge in [0.05, 0.1) is 0 Å². The molecule has 1 aromatic rings. The van der Waals surface area contributed by atoms with Crippen LogP contribution in [-0.4, -0.2) is 46.5 Å². The fourth-order valence-corrected chi connectivity index (χ4v) is 4.11. The van der Waals surface area contributed by atoms with Gasteiger partial charge in [-0.05, 0) is 72.8 Å². The topological polar surface area (TPSA) is 87.7 Å². The molecule has 2 N–H and O–H groups in total. The Labute approximate surface area is 218 Å². The second-order valence-corrected chi connectivity index (χ2v) is 11.7. The molecule has 36 heavy (non-hydrogen) atoms. The van der Waals surface area contributed by atoms with Crippen molar-refractivity contribution in [1.82, 2.24) is 15.5 Å². The van der Waals surface area contributed by atoms with Crippen LogP contribution in [0.25, 0.3) is 0 Å². The molecule has 1 rings (SSSR count). The fraction of sp³-hybridized carbons (Fsp3) is 0.690. The molecule has 7 nitrogen and oxygen atoms in total. The summed E-state index contributed by atoms with van der Waals surface area (Å²) < 4.78 is 5.45. The number of hydrogen-bond donors (Lipinski definition) is 2. The minimum Gasteiger partial charge on any atom is -0.444 e. The molecule has 0 radical (unpaired) electrons. The summed E-state index contributed by atoms with van der Waals surface area (Å²) in [5.74, 6) is -0.746. The summed E-state index contributed by atoms with van der Waals surface area (Å²) >= 11 is 0. The molecule has 0 heterocycles. The van der Waals surface area contributed by atoms with Crippen LogP contribution in [0, 0.1) is 19.8 Å². The second kappa shape index (κ2) is 13.1. The maximum atomic E-state index is 14.3. The number of carbonyl (C=O) groups excluding carboxylic acids is 3. The normalized spacial score (nSPS) is 13.7. The van der Waals surface area contributed by atoms with E-state index in [-0.39, 0.29) is 17.7 Å². The number of aryl methyl sites for hydroxylation is 2. The molecular weight excluding hydrogens is 454 g/mol. The number of rotatable bonds is 11. The van der Waals surface area contributed by atoms with Gasteiger partial charge in [-0.25, -0.2) is 4.79 Å². The molecule has 0 aromatic heterocycles. The lowest BCUT2D eigenvalue weighted by atomic mass is 9.89. The molecule has 0 saturated carbocycles. The van der Waals surface area contributed by atoms with Gasteiger partial charge in [-0.1, -0.05) is 63.4 Å². The van der Waals surface area contributed by atoms with E-state index >= 15 is 0 Å². The largest absolute Gasteiger partial charge is 0.444 e. The smallest absolute Gasteiger partial charge is 0.408 e. The number of amides is 3. The Bertz CT molecular complexity index is 882. The highest BCUT2D eigenvalue weighted by Crippen LogP contribution is 2.33.